The molecule has 5 nitrogen and oxygen atoms in total. The molecule has 2 aliphatic heterocycles. The highest BCUT2D eigenvalue weighted by Crippen LogP contribution is 2.27. The van der Waals surface area contributed by atoms with Crippen LogP contribution in [0.4, 0.5) is 0 Å². The van der Waals surface area contributed by atoms with E-state index in [9.17, 15) is 9.90 Å². The van der Waals surface area contributed by atoms with Crippen LogP contribution < -0.4 is 0 Å². The Labute approximate surface area is 168 Å². The maximum Gasteiger partial charge on any atom is 0.272 e. The molecule has 2 aliphatic rings. The fourth-order valence-corrected chi connectivity index (χ4v) is 4.42. The molecule has 1 fully saturated rings. The number of benzene rings is 1. The van der Waals surface area contributed by atoms with Crippen LogP contribution in [0.2, 0.25) is 0 Å². The van der Waals surface area contributed by atoms with Gasteiger partial charge in [-0.3, -0.25) is 9.69 Å². The van der Waals surface area contributed by atoms with E-state index in [1.54, 1.807) is 11.0 Å². The van der Waals surface area contributed by atoms with Crippen molar-refractivity contribution in [1.82, 2.24) is 14.8 Å². The number of β-amino-alcohol motifs (C(OH)–C–C–N with tert-alkyl or cyclic N) is 1. The van der Waals surface area contributed by atoms with Crippen molar-refractivity contribution in [2.45, 2.75) is 31.4 Å². The average Bonchev–Trinajstić information content (AvgIpc) is 2.68. The number of piperidine rings is 1. The zero-order valence-corrected chi connectivity index (χ0v) is 16.9. The van der Waals surface area contributed by atoms with Crippen LogP contribution in [-0.2, 0) is 13.0 Å². The van der Waals surface area contributed by atoms with Crippen LogP contribution >= 0.6 is 15.9 Å². The van der Waals surface area contributed by atoms with Gasteiger partial charge in [-0.2, -0.15) is 0 Å². The Morgan fingerprint density at radius 2 is 1.81 bits per heavy atom. The largest absolute Gasteiger partial charge is 0.388 e. The number of hydrogen-bond donors (Lipinski definition) is 1. The molecule has 0 aliphatic carbocycles. The first-order valence-corrected chi connectivity index (χ1v) is 10.3. The number of aromatic nitrogens is 1. The molecule has 0 bridgehead atoms. The molecule has 1 amide bonds. The van der Waals surface area contributed by atoms with Crippen LogP contribution in [-0.4, -0.2) is 57.6 Å². The standard InChI is InChI=1S/C21H24BrN3O2/c22-19-7-3-6-18(23-19)20(26)25-12-9-21(27,10-13-25)15-24-11-8-16-4-1-2-5-17(16)14-24/h1-7,27H,8-15H2. The summed E-state index contributed by atoms with van der Waals surface area (Å²) in [6.45, 7) is 3.66. The molecule has 1 saturated heterocycles. The van der Waals surface area contributed by atoms with E-state index < -0.39 is 5.60 Å². The van der Waals surface area contributed by atoms with Gasteiger partial charge >= 0.3 is 0 Å². The number of carbonyl (C=O) groups excluding carboxylic acids is 1. The van der Waals surface area contributed by atoms with E-state index >= 15 is 0 Å². The topological polar surface area (TPSA) is 56.7 Å². The van der Waals surface area contributed by atoms with Crippen molar-refractivity contribution < 1.29 is 9.90 Å². The number of carbonyl (C=O) groups is 1. The van der Waals surface area contributed by atoms with E-state index in [-0.39, 0.29) is 5.91 Å². The van der Waals surface area contributed by atoms with Crippen molar-refractivity contribution in [2.75, 3.05) is 26.2 Å². The molecule has 0 spiro atoms. The molecule has 0 radical (unpaired) electrons. The highest BCUT2D eigenvalue weighted by atomic mass is 79.9. The number of halogens is 1. The Kier molecular flexibility index (Phi) is 5.30. The molecule has 27 heavy (non-hydrogen) atoms. The fraction of sp³-hybridized carbons (Fsp3) is 0.429. The summed E-state index contributed by atoms with van der Waals surface area (Å²) < 4.78 is 0.659. The van der Waals surface area contributed by atoms with Crippen LogP contribution in [0.5, 0.6) is 0 Å². The van der Waals surface area contributed by atoms with Gasteiger partial charge in [0.1, 0.15) is 10.3 Å². The van der Waals surface area contributed by atoms with Crippen molar-refractivity contribution >= 4 is 21.8 Å². The first-order valence-electron chi connectivity index (χ1n) is 9.46. The molecule has 4 rings (SSSR count). The van der Waals surface area contributed by atoms with Crippen molar-refractivity contribution in [3.8, 4) is 0 Å². The second kappa shape index (κ2) is 7.70. The summed E-state index contributed by atoms with van der Waals surface area (Å²) in [5.41, 5.74) is 2.50. The van der Waals surface area contributed by atoms with Gasteiger partial charge in [-0.25, -0.2) is 4.98 Å². The number of aliphatic hydroxyl groups is 1. The zero-order valence-electron chi connectivity index (χ0n) is 15.3. The minimum Gasteiger partial charge on any atom is -0.388 e. The monoisotopic (exact) mass is 429 g/mol. The Bertz CT molecular complexity index is 834. The first-order chi connectivity index (χ1) is 13.0. The van der Waals surface area contributed by atoms with Crippen molar-refractivity contribution in [3.05, 3.63) is 63.9 Å². The van der Waals surface area contributed by atoms with Crippen molar-refractivity contribution in [3.63, 3.8) is 0 Å². The van der Waals surface area contributed by atoms with Crippen LogP contribution in [0.25, 0.3) is 0 Å². The summed E-state index contributed by atoms with van der Waals surface area (Å²) in [4.78, 5) is 21.0. The number of amides is 1. The second-order valence-corrected chi connectivity index (χ2v) is 8.40. The molecule has 142 valence electrons. The Balaban J connectivity index is 1.35. The highest BCUT2D eigenvalue weighted by Gasteiger charge is 2.36. The minimum atomic E-state index is -0.728. The third-order valence-electron chi connectivity index (χ3n) is 5.64. The molecule has 1 aromatic carbocycles. The van der Waals surface area contributed by atoms with Gasteiger partial charge in [0.15, 0.2) is 0 Å². The van der Waals surface area contributed by atoms with Crippen LogP contribution in [0.1, 0.15) is 34.5 Å². The summed E-state index contributed by atoms with van der Waals surface area (Å²) in [7, 11) is 0. The summed E-state index contributed by atoms with van der Waals surface area (Å²) in [5.74, 6) is -0.0646. The predicted molar refractivity (Wildman–Crippen MR) is 107 cm³/mol. The summed E-state index contributed by atoms with van der Waals surface area (Å²) >= 11 is 3.31. The molecular formula is C21H24BrN3O2. The number of rotatable bonds is 3. The van der Waals surface area contributed by atoms with Gasteiger partial charge in [0.25, 0.3) is 5.91 Å². The lowest BCUT2D eigenvalue weighted by Crippen LogP contribution is -2.52. The molecule has 1 N–H and O–H groups in total. The molecule has 3 heterocycles. The molecule has 6 heteroatoms. The first kappa shape index (κ1) is 18.6. The number of fused-ring (bicyclic) bond motifs is 1. The zero-order chi connectivity index (χ0) is 18.9. The smallest absolute Gasteiger partial charge is 0.272 e. The SMILES string of the molecule is O=C(c1cccc(Br)n1)N1CCC(O)(CN2CCc3ccccc3C2)CC1. The van der Waals surface area contributed by atoms with Crippen molar-refractivity contribution in [2.24, 2.45) is 0 Å². The van der Waals surface area contributed by atoms with Gasteiger partial charge in [0, 0.05) is 32.7 Å². The van der Waals surface area contributed by atoms with E-state index in [0.29, 0.717) is 42.8 Å². The van der Waals surface area contributed by atoms with Gasteiger partial charge in [-0.05, 0) is 58.5 Å². The average molecular weight is 430 g/mol. The third-order valence-corrected chi connectivity index (χ3v) is 6.08. The maximum atomic E-state index is 12.6. The third kappa shape index (κ3) is 4.23. The lowest BCUT2D eigenvalue weighted by atomic mass is 9.89. The minimum absolute atomic E-state index is 0.0646. The molecule has 0 saturated carbocycles. The number of likely N-dealkylation sites (tertiary alicyclic amines) is 1. The van der Waals surface area contributed by atoms with Crippen LogP contribution in [0.3, 0.4) is 0 Å². The number of hydrogen-bond acceptors (Lipinski definition) is 4. The number of pyridine rings is 1. The van der Waals surface area contributed by atoms with E-state index in [0.717, 1.165) is 19.5 Å². The fourth-order valence-electron chi connectivity index (χ4n) is 4.08. The summed E-state index contributed by atoms with van der Waals surface area (Å²) in [6, 6.07) is 13.9. The quantitative estimate of drug-likeness (QED) is 0.762. The van der Waals surface area contributed by atoms with E-state index in [1.807, 2.05) is 12.1 Å². The molecule has 0 atom stereocenters. The van der Waals surface area contributed by atoms with Gasteiger partial charge in [0.2, 0.25) is 0 Å². The number of nitrogens with zero attached hydrogens (tertiary/aromatic N) is 3. The molecule has 2 aromatic rings. The van der Waals surface area contributed by atoms with Crippen LogP contribution in [0, 0.1) is 0 Å². The second-order valence-electron chi connectivity index (χ2n) is 7.59. The maximum absolute atomic E-state index is 12.6. The van der Waals surface area contributed by atoms with Gasteiger partial charge in [-0.15, -0.1) is 0 Å². The highest BCUT2D eigenvalue weighted by molar-refractivity contribution is 9.10. The molecule has 0 unspecified atom stereocenters. The van der Waals surface area contributed by atoms with Crippen LogP contribution in [0.15, 0.2) is 47.1 Å². The van der Waals surface area contributed by atoms with Crippen molar-refractivity contribution in [1.29, 1.82) is 0 Å². The lowest BCUT2D eigenvalue weighted by Gasteiger charge is -2.42. The van der Waals surface area contributed by atoms with E-state index in [1.165, 1.54) is 11.1 Å². The van der Waals surface area contributed by atoms with Gasteiger partial charge in [0.05, 0.1) is 5.60 Å². The van der Waals surface area contributed by atoms with E-state index in [4.69, 9.17) is 0 Å². The normalized spacial score (nSPS) is 19.6. The molecular weight excluding hydrogens is 406 g/mol. The Morgan fingerprint density at radius 3 is 2.56 bits per heavy atom. The summed E-state index contributed by atoms with van der Waals surface area (Å²) in [5, 5.41) is 11.1. The lowest BCUT2D eigenvalue weighted by molar-refractivity contribution is -0.0431. The van der Waals surface area contributed by atoms with Gasteiger partial charge in [-0.1, -0.05) is 30.3 Å². The van der Waals surface area contributed by atoms with E-state index in [2.05, 4.69) is 50.1 Å². The Morgan fingerprint density at radius 1 is 1.07 bits per heavy atom. The molecule has 1 aromatic heterocycles. The Hall–Kier alpha value is -1.76. The summed E-state index contributed by atoms with van der Waals surface area (Å²) in [6.07, 6.45) is 2.24. The predicted octanol–water partition coefficient (Wildman–Crippen LogP) is 2.87. The van der Waals surface area contributed by atoms with Gasteiger partial charge < -0.3 is 10.0 Å².